The van der Waals surface area contributed by atoms with Gasteiger partial charge < -0.3 is 35.1 Å². The van der Waals surface area contributed by atoms with E-state index in [1.807, 2.05) is 35.2 Å². The summed E-state index contributed by atoms with van der Waals surface area (Å²) in [5.41, 5.74) is 10.3. The molecule has 4 aliphatic rings. The van der Waals surface area contributed by atoms with E-state index in [-0.39, 0.29) is 28.4 Å². The van der Waals surface area contributed by atoms with Crippen molar-refractivity contribution < 1.29 is 23.8 Å². The lowest BCUT2D eigenvalue weighted by Gasteiger charge is -2.32. The first-order valence-corrected chi connectivity index (χ1v) is 15.5. The Balaban J connectivity index is 1.29. The number of pyridine rings is 1. The molecule has 2 saturated heterocycles. The van der Waals surface area contributed by atoms with Crippen LogP contribution >= 0.6 is 0 Å². The number of carbonyl (C=O) groups is 1. The molecule has 0 radical (unpaired) electrons. The molecule has 0 saturated carbocycles. The molecule has 4 N–H and O–H groups in total. The maximum atomic E-state index is 16.0. The Morgan fingerprint density at radius 3 is 2.73 bits per heavy atom. The van der Waals surface area contributed by atoms with Crippen molar-refractivity contribution in [3.8, 4) is 28.3 Å². The van der Waals surface area contributed by atoms with Crippen LogP contribution in [0.3, 0.4) is 0 Å². The highest BCUT2D eigenvalue weighted by molar-refractivity contribution is 6.01. The Morgan fingerprint density at radius 2 is 1.93 bits per heavy atom. The molecular weight excluding hydrogens is 577 g/mol. The van der Waals surface area contributed by atoms with Crippen LogP contribution < -0.4 is 26.1 Å². The van der Waals surface area contributed by atoms with Crippen LogP contribution in [0.5, 0.6) is 11.5 Å². The van der Waals surface area contributed by atoms with Crippen molar-refractivity contribution >= 4 is 22.5 Å². The number of fused-ring (bicyclic) bond motifs is 5. The lowest BCUT2D eigenvalue weighted by atomic mass is 9.83. The summed E-state index contributed by atoms with van der Waals surface area (Å²) in [6.07, 6.45) is 1.94. The van der Waals surface area contributed by atoms with Crippen molar-refractivity contribution in [2.24, 2.45) is 5.73 Å². The van der Waals surface area contributed by atoms with E-state index in [1.54, 1.807) is 10.6 Å². The number of carbonyl (C=O) groups excluding carboxylic acids is 1. The summed E-state index contributed by atoms with van der Waals surface area (Å²) in [7, 11) is 0. The van der Waals surface area contributed by atoms with Gasteiger partial charge in [0.25, 0.3) is 5.91 Å². The average molecular weight is 612 g/mol. The number of hydrogen-bond donors (Lipinski definition) is 3. The molecule has 1 aromatic heterocycles. The number of rotatable bonds is 5. The molecule has 2 fully saturated rings. The Kier molecular flexibility index (Phi) is 6.86. The van der Waals surface area contributed by atoms with Crippen molar-refractivity contribution in [3.05, 3.63) is 81.4 Å². The van der Waals surface area contributed by atoms with Crippen LogP contribution in [0.15, 0.2) is 53.5 Å². The molecular formula is C34H34FN5O5. The standard InChI is InChI=1S/C34H34FN5O5/c35-26-14-24-30-33(31(26)39-7-5-20(36)17-39)45-29-16-23-22(21-4-2-1-3-19(21)13-28(23)41)15-27(29)40(30)18-25(32(24)42)34(43)37-6-8-38-9-11-44-12-10-38/h1-4,14-16,18,20,28,41H,5-13,17,36H2,(H,37,43)/t20-,28?/m0/s1. The molecule has 4 aromatic rings. The largest absolute Gasteiger partial charge is 0.451 e. The second-order valence-electron chi connectivity index (χ2n) is 12.3. The third kappa shape index (κ3) is 4.69. The summed E-state index contributed by atoms with van der Waals surface area (Å²) >= 11 is 0. The van der Waals surface area contributed by atoms with Crippen LogP contribution in [0.2, 0.25) is 0 Å². The number of halogens is 1. The minimum atomic E-state index is -0.754. The monoisotopic (exact) mass is 611 g/mol. The molecule has 4 heterocycles. The van der Waals surface area contributed by atoms with E-state index >= 15 is 4.39 Å². The summed E-state index contributed by atoms with van der Waals surface area (Å²) in [5, 5.41) is 14.1. The number of morpholine rings is 1. The number of anilines is 1. The van der Waals surface area contributed by atoms with Crippen molar-refractivity contribution in [1.29, 1.82) is 0 Å². The van der Waals surface area contributed by atoms with Gasteiger partial charge in [-0.25, -0.2) is 4.39 Å². The smallest absolute Gasteiger partial charge is 0.256 e. The lowest BCUT2D eigenvalue weighted by molar-refractivity contribution is 0.0383. The molecule has 1 aliphatic carbocycles. The summed E-state index contributed by atoms with van der Waals surface area (Å²) < 4.78 is 29.7. The van der Waals surface area contributed by atoms with Crippen LogP contribution in [-0.2, 0) is 11.2 Å². The Hall–Kier alpha value is -4.29. The first kappa shape index (κ1) is 28.2. The summed E-state index contributed by atoms with van der Waals surface area (Å²) in [5.74, 6) is -0.537. The number of ether oxygens (including phenoxy) is 2. The van der Waals surface area contributed by atoms with E-state index in [0.29, 0.717) is 74.8 Å². The molecule has 8 rings (SSSR count). The highest BCUT2D eigenvalue weighted by Crippen LogP contribution is 2.50. The van der Waals surface area contributed by atoms with Crippen LogP contribution in [0.4, 0.5) is 10.1 Å². The van der Waals surface area contributed by atoms with Gasteiger partial charge in [0.1, 0.15) is 16.8 Å². The molecule has 232 valence electrons. The Labute approximate surface area is 258 Å². The second kappa shape index (κ2) is 11.0. The molecule has 3 aliphatic heterocycles. The highest BCUT2D eigenvalue weighted by Gasteiger charge is 2.34. The number of aliphatic hydroxyl groups is 1. The van der Waals surface area contributed by atoms with E-state index in [0.717, 1.165) is 29.8 Å². The van der Waals surface area contributed by atoms with Crippen molar-refractivity contribution in [1.82, 2.24) is 14.8 Å². The fraction of sp³-hybridized carbons (Fsp3) is 0.353. The Morgan fingerprint density at radius 1 is 1.11 bits per heavy atom. The average Bonchev–Trinajstić information content (AvgIpc) is 3.47. The van der Waals surface area contributed by atoms with Gasteiger partial charge in [-0.15, -0.1) is 0 Å². The third-order valence-corrected chi connectivity index (χ3v) is 9.46. The molecule has 1 unspecified atom stereocenters. The van der Waals surface area contributed by atoms with E-state index in [2.05, 4.69) is 10.2 Å². The van der Waals surface area contributed by atoms with Crippen molar-refractivity contribution in [2.45, 2.75) is 25.0 Å². The number of aromatic nitrogens is 1. The molecule has 3 aromatic carbocycles. The molecule has 1 amide bonds. The van der Waals surface area contributed by atoms with Crippen LogP contribution in [0.25, 0.3) is 27.7 Å². The predicted molar refractivity (Wildman–Crippen MR) is 168 cm³/mol. The molecule has 0 bridgehead atoms. The quantitative estimate of drug-likeness (QED) is 0.277. The first-order chi connectivity index (χ1) is 21.9. The van der Waals surface area contributed by atoms with E-state index in [4.69, 9.17) is 15.2 Å². The van der Waals surface area contributed by atoms with Crippen LogP contribution in [0, 0.1) is 5.82 Å². The zero-order chi connectivity index (χ0) is 30.8. The minimum absolute atomic E-state index is 0.0550. The van der Waals surface area contributed by atoms with Crippen LogP contribution in [0.1, 0.15) is 34.0 Å². The molecule has 45 heavy (non-hydrogen) atoms. The normalized spacial score (nSPS) is 20.4. The zero-order valence-electron chi connectivity index (χ0n) is 24.7. The summed E-state index contributed by atoms with van der Waals surface area (Å²) in [6.45, 7) is 4.82. The van der Waals surface area contributed by atoms with Gasteiger partial charge in [-0.3, -0.25) is 14.5 Å². The Bertz CT molecular complexity index is 1920. The minimum Gasteiger partial charge on any atom is -0.451 e. The number of benzene rings is 3. The molecule has 11 heteroatoms. The number of nitrogens with two attached hydrogens (primary N) is 1. The van der Waals surface area contributed by atoms with Gasteiger partial charge in [0.05, 0.1) is 30.4 Å². The molecule has 2 atom stereocenters. The van der Waals surface area contributed by atoms with Crippen molar-refractivity contribution in [3.63, 3.8) is 0 Å². The van der Waals surface area contributed by atoms with Gasteiger partial charge in [-0.1, -0.05) is 24.3 Å². The molecule has 10 nitrogen and oxygen atoms in total. The maximum Gasteiger partial charge on any atom is 0.256 e. The van der Waals surface area contributed by atoms with Gasteiger partial charge in [-0.2, -0.15) is 0 Å². The van der Waals surface area contributed by atoms with E-state index in [9.17, 15) is 14.7 Å². The number of aliphatic hydroxyl groups excluding tert-OH is 1. The zero-order valence-corrected chi connectivity index (χ0v) is 24.7. The van der Waals surface area contributed by atoms with Gasteiger partial charge in [0, 0.05) is 57.9 Å². The summed E-state index contributed by atoms with van der Waals surface area (Å²) in [4.78, 5) is 31.4. The SMILES string of the molecule is N[C@H]1CCN(c2c(F)cc3c(=O)c(C(=O)NCCN4CCOCC4)cn4c3c2Oc2cc3c(cc2-4)-c2ccccc2CC3O)C1. The van der Waals surface area contributed by atoms with E-state index in [1.165, 1.54) is 12.3 Å². The van der Waals surface area contributed by atoms with E-state index < -0.39 is 23.3 Å². The number of hydrogen-bond acceptors (Lipinski definition) is 8. The number of nitrogens with one attached hydrogen (secondary N) is 1. The first-order valence-electron chi connectivity index (χ1n) is 15.5. The topological polar surface area (TPSA) is 122 Å². The summed E-state index contributed by atoms with van der Waals surface area (Å²) in [6, 6.07) is 12.7. The fourth-order valence-corrected chi connectivity index (χ4v) is 7.15. The second-order valence-corrected chi connectivity index (χ2v) is 12.3. The van der Waals surface area contributed by atoms with Crippen LogP contribution in [-0.4, -0.2) is 79.0 Å². The van der Waals surface area contributed by atoms with Gasteiger partial charge in [0.2, 0.25) is 5.43 Å². The highest BCUT2D eigenvalue weighted by atomic mass is 19.1. The van der Waals surface area contributed by atoms with Gasteiger partial charge in [0.15, 0.2) is 17.3 Å². The predicted octanol–water partition coefficient (Wildman–Crippen LogP) is 3.09. The maximum absolute atomic E-state index is 16.0. The third-order valence-electron chi connectivity index (χ3n) is 9.46. The van der Waals surface area contributed by atoms with Gasteiger partial charge in [-0.05, 0) is 46.9 Å². The molecule has 0 spiro atoms. The fourth-order valence-electron chi connectivity index (χ4n) is 7.15. The lowest BCUT2D eigenvalue weighted by Crippen LogP contribution is -2.42. The van der Waals surface area contributed by atoms with Crippen molar-refractivity contribution in [2.75, 3.05) is 57.4 Å². The van der Waals surface area contributed by atoms with Gasteiger partial charge >= 0.3 is 0 Å². The number of nitrogens with zero attached hydrogens (tertiary/aromatic N) is 3. The number of amides is 1.